The third-order valence-electron chi connectivity index (χ3n) is 6.82. The molecule has 4 rings (SSSR count). The first kappa shape index (κ1) is 24.6. The Morgan fingerprint density at radius 1 is 1.09 bits per heavy atom. The van der Waals surface area contributed by atoms with E-state index in [9.17, 15) is 28.3 Å². The molecule has 2 aliphatic rings. The number of alkyl halides is 2. The molecule has 0 radical (unpaired) electrons. The lowest BCUT2D eigenvalue weighted by molar-refractivity contribution is -0.155. The number of benzene rings is 2. The number of nitrogens with one attached hydrogen (secondary N) is 1. The number of carbonyl (C=O) groups is 3. The molecule has 35 heavy (non-hydrogen) atoms. The third-order valence-corrected chi connectivity index (χ3v) is 6.82. The van der Waals surface area contributed by atoms with Crippen LogP contribution < -0.4 is 5.32 Å². The van der Waals surface area contributed by atoms with E-state index in [2.05, 4.69) is 5.32 Å². The molecule has 2 N–H and O–H groups in total. The van der Waals surface area contributed by atoms with Crippen LogP contribution in [0.5, 0.6) is 0 Å². The van der Waals surface area contributed by atoms with Crippen LogP contribution in [0.2, 0.25) is 0 Å². The average molecular weight is 487 g/mol. The van der Waals surface area contributed by atoms with Crippen LogP contribution in [-0.2, 0) is 14.3 Å². The van der Waals surface area contributed by atoms with Gasteiger partial charge in [0.25, 0.3) is 0 Å². The van der Waals surface area contributed by atoms with Gasteiger partial charge >= 0.3 is 12.1 Å². The maximum absolute atomic E-state index is 13.3. The Labute approximate surface area is 202 Å². The second kappa shape index (κ2) is 10.4. The van der Waals surface area contributed by atoms with Gasteiger partial charge in [-0.3, -0.25) is 4.79 Å². The molecule has 1 fully saturated rings. The Kier molecular flexibility index (Phi) is 7.33. The number of carboxylic acid groups (broad SMARTS) is 1. The molecular weight excluding hydrogens is 458 g/mol. The van der Waals surface area contributed by atoms with Crippen molar-refractivity contribution in [1.82, 2.24) is 10.2 Å². The standard InChI is InChI=1S/C26H28F2N2O5/c1-15-7-6-12-30(23(15)25(32)33)24(31)21(13-22(27)28)29-26(34)35-14-20-18-10-4-2-8-16(18)17-9-3-5-11-19(17)20/h2-5,8-11,15,20-23H,6-7,12-14H2,1H3,(H,29,34)(H,32,33). The fourth-order valence-corrected chi connectivity index (χ4v) is 5.19. The molecule has 0 spiro atoms. The summed E-state index contributed by atoms with van der Waals surface area (Å²) in [5.41, 5.74) is 4.07. The van der Waals surface area contributed by atoms with Crippen molar-refractivity contribution in [2.75, 3.05) is 13.2 Å². The summed E-state index contributed by atoms with van der Waals surface area (Å²) in [7, 11) is 0. The van der Waals surface area contributed by atoms with Gasteiger partial charge in [0.05, 0.1) is 0 Å². The highest BCUT2D eigenvalue weighted by molar-refractivity contribution is 5.89. The molecule has 1 saturated heterocycles. The third kappa shape index (κ3) is 5.13. The van der Waals surface area contributed by atoms with E-state index in [0.29, 0.717) is 12.8 Å². The molecule has 0 bridgehead atoms. The molecule has 7 nitrogen and oxygen atoms in total. The van der Waals surface area contributed by atoms with E-state index in [1.807, 2.05) is 48.5 Å². The van der Waals surface area contributed by atoms with Crippen LogP contribution >= 0.6 is 0 Å². The first-order valence-corrected chi connectivity index (χ1v) is 11.7. The lowest BCUT2D eigenvalue weighted by Gasteiger charge is -2.39. The van der Waals surface area contributed by atoms with Crippen LogP contribution in [0.25, 0.3) is 11.1 Å². The summed E-state index contributed by atoms with van der Waals surface area (Å²) in [6.07, 6.45) is -3.63. The van der Waals surface area contributed by atoms with Crippen LogP contribution in [0.3, 0.4) is 0 Å². The van der Waals surface area contributed by atoms with Gasteiger partial charge in [-0.15, -0.1) is 0 Å². The number of alkyl carbamates (subject to hydrolysis) is 1. The fraction of sp³-hybridized carbons (Fsp3) is 0.423. The Balaban J connectivity index is 1.46. The molecule has 2 aromatic rings. The first-order chi connectivity index (χ1) is 16.8. The zero-order valence-electron chi connectivity index (χ0n) is 19.3. The molecule has 1 aliphatic carbocycles. The van der Waals surface area contributed by atoms with Gasteiger partial charge in [-0.05, 0) is 41.0 Å². The van der Waals surface area contributed by atoms with Crippen molar-refractivity contribution in [2.45, 2.75) is 50.6 Å². The van der Waals surface area contributed by atoms with E-state index >= 15 is 0 Å². The molecule has 3 atom stereocenters. The van der Waals surface area contributed by atoms with Crippen molar-refractivity contribution in [1.29, 1.82) is 0 Å². The van der Waals surface area contributed by atoms with Crippen LogP contribution in [-0.4, -0.2) is 59.6 Å². The number of piperidine rings is 1. The molecule has 3 unspecified atom stereocenters. The van der Waals surface area contributed by atoms with E-state index < -0.39 is 42.9 Å². The second-order valence-corrected chi connectivity index (χ2v) is 9.08. The van der Waals surface area contributed by atoms with Crippen LogP contribution in [0, 0.1) is 5.92 Å². The van der Waals surface area contributed by atoms with Crippen molar-refractivity contribution < 1.29 is 33.0 Å². The van der Waals surface area contributed by atoms with Crippen molar-refractivity contribution in [3.8, 4) is 11.1 Å². The van der Waals surface area contributed by atoms with Crippen LogP contribution in [0.15, 0.2) is 48.5 Å². The molecule has 0 aromatic heterocycles. The minimum absolute atomic E-state index is 0.0338. The molecule has 9 heteroatoms. The van der Waals surface area contributed by atoms with Gasteiger partial charge in [0.1, 0.15) is 18.7 Å². The first-order valence-electron chi connectivity index (χ1n) is 11.7. The van der Waals surface area contributed by atoms with Crippen molar-refractivity contribution in [3.63, 3.8) is 0 Å². The number of aliphatic carboxylic acids is 1. The Bertz CT molecular complexity index is 1060. The molecule has 1 aliphatic heterocycles. The summed E-state index contributed by atoms with van der Waals surface area (Å²) in [6.45, 7) is 1.81. The number of rotatable bonds is 7. The van der Waals surface area contributed by atoms with Gasteiger partial charge in [-0.25, -0.2) is 18.4 Å². The summed E-state index contributed by atoms with van der Waals surface area (Å²) < 4.78 is 32.0. The Hall–Kier alpha value is -3.49. The topological polar surface area (TPSA) is 95.9 Å². The number of likely N-dealkylation sites (tertiary alicyclic amines) is 1. The highest BCUT2D eigenvalue weighted by atomic mass is 19.3. The van der Waals surface area contributed by atoms with E-state index in [0.717, 1.165) is 27.2 Å². The van der Waals surface area contributed by atoms with Gasteiger partial charge in [0, 0.05) is 18.9 Å². The maximum atomic E-state index is 13.3. The zero-order chi connectivity index (χ0) is 25.1. The van der Waals surface area contributed by atoms with Gasteiger partial charge in [0.15, 0.2) is 0 Å². The van der Waals surface area contributed by atoms with E-state index in [4.69, 9.17) is 4.74 Å². The average Bonchev–Trinajstić information content (AvgIpc) is 3.15. The Morgan fingerprint density at radius 2 is 1.69 bits per heavy atom. The molecular formula is C26H28F2N2O5. The van der Waals surface area contributed by atoms with Crippen LogP contribution in [0.1, 0.15) is 43.2 Å². The smallest absolute Gasteiger partial charge is 0.407 e. The highest BCUT2D eigenvalue weighted by Crippen LogP contribution is 2.44. The maximum Gasteiger partial charge on any atom is 0.407 e. The number of hydrogen-bond acceptors (Lipinski definition) is 4. The number of nitrogens with zero attached hydrogens (tertiary/aromatic N) is 1. The van der Waals surface area contributed by atoms with E-state index in [1.165, 1.54) is 0 Å². The van der Waals surface area contributed by atoms with Crippen molar-refractivity contribution in [3.05, 3.63) is 59.7 Å². The summed E-state index contributed by atoms with van der Waals surface area (Å²) in [5, 5.41) is 11.9. The van der Waals surface area contributed by atoms with E-state index in [1.54, 1.807) is 6.92 Å². The Morgan fingerprint density at radius 3 is 2.26 bits per heavy atom. The van der Waals surface area contributed by atoms with Crippen LogP contribution in [0.4, 0.5) is 13.6 Å². The fourth-order valence-electron chi connectivity index (χ4n) is 5.19. The largest absolute Gasteiger partial charge is 0.480 e. The van der Waals surface area contributed by atoms with Gasteiger partial charge in [-0.1, -0.05) is 55.5 Å². The number of fused-ring (bicyclic) bond motifs is 3. The second-order valence-electron chi connectivity index (χ2n) is 9.08. The molecule has 1 heterocycles. The molecule has 2 amide bonds. The van der Waals surface area contributed by atoms with Crippen molar-refractivity contribution >= 4 is 18.0 Å². The zero-order valence-corrected chi connectivity index (χ0v) is 19.3. The lowest BCUT2D eigenvalue weighted by Crippen LogP contribution is -2.58. The van der Waals surface area contributed by atoms with Gasteiger partial charge in [0.2, 0.25) is 12.3 Å². The minimum Gasteiger partial charge on any atom is -0.480 e. The van der Waals surface area contributed by atoms with Crippen molar-refractivity contribution in [2.24, 2.45) is 5.92 Å². The predicted molar refractivity (Wildman–Crippen MR) is 124 cm³/mol. The summed E-state index contributed by atoms with van der Waals surface area (Å²) in [6, 6.07) is 12.8. The monoisotopic (exact) mass is 486 g/mol. The molecule has 0 saturated carbocycles. The lowest BCUT2D eigenvalue weighted by atomic mass is 9.90. The normalized spacial score (nSPS) is 20.2. The number of hydrogen-bond donors (Lipinski definition) is 2. The minimum atomic E-state index is -2.87. The summed E-state index contributed by atoms with van der Waals surface area (Å²) in [5.74, 6) is -2.58. The quantitative estimate of drug-likeness (QED) is 0.610. The molecule has 2 aromatic carbocycles. The number of carbonyl (C=O) groups excluding carboxylic acids is 2. The summed E-state index contributed by atoms with van der Waals surface area (Å²) >= 11 is 0. The number of halogens is 2. The number of ether oxygens (including phenoxy) is 1. The molecule has 186 valence electrons. The predicted octanol–water partition coefficient (Wildman–Crippen LogP) is 4.26. The number of carboxylic acids is 1. The number of amides is 2. The highest BCUT2D eigenvalue weighted by Gasteiger charge is 2.40. The SMILES string of the molecule is CC1CCCN(C(=O)C(CC(F)F)NC(=O)OCC2c3ccccc3-c3ccccc32)C1C(=O)O. The summed E-state index contributed by atoms with van der Waals surface area (Å²) in [4.78, 5) is 38.5. The van der Waals surface area contributed by atoms with E-state index in [-0.39, 0.29) is 25.0 Å². The van der Waals surface area contributed by atoms with Gasteiger partial charge < -0.3 is 20.1 Å². The van der Waals surface area contributed by atoms with Gasteiger partial charge in [-0.2, -0.15) is 0 Å².